The van der Waals surface area contributed by atoms with Gasteiger partial charge in [0.1, 0.15) is 0 Å². The number of rotatable bonds is 5. The van der Waals surface area contributed by atoms with Crippen LogP contribution in [0, 0.1) is 5.92 Å². The van der Waals surface area contributed by atoms with Crippen LogP contribution in [0.15, 0.2) is 0 Å². The first kappa shape index (κ1) is 12.2. The van der Waals surface area contributed by atoms with Gasteiger partial charge in [-0.2, -0.15) is 11.8 Å². The Balaban J connectivity index is 2.23. The summed E-state index contributed by atoms with van der Waals surface area (Å²) in [5.41, 5.74) is 4.98. The second kappa shape index (κ2) is 5.28. The lowest BCUT2D eigenvalue weighted by molar-refractivity contribution is -0.0196. The fourth-order valence-electron chi connectivity index (χ4n) is 1.69. The fourth-order valence-corrected chi connectivity index (χ4v) is 2.96. The van der Waals surface area contributed by atoms with Gasteiger partial charge in [-0.15, -0.1) is 0 Å². The minimum atomic E-state index is -2.74. The molecule has 2 nitrogen and oxygen atoms in total. The predicted molar refractivity (Wildman–Crippen MR) is 56.9 cm³/mol. The topological polar surface area (TPSA) is 29.3 Å². The molecule has 1 aliphatic rings. The molecular formula is C9H18F2N2S. The van der Waals surface area contributed by atoms with E-state index in [1.807, 2.05) is 11.8 Å². The van der Waals surface area contributed by atoms with E-state index in [0.717, 1.165) is 18.7 Å². The van der Waals surface area contributed by atoms with Crippen molar-refractivity contribution in [3.8, 4) is 0 Å². The van der Waals surface area contributed by atoms with E-state index in [9.17, 15) is 8.78 Å². The number of nitrogens with two attached hydrogens (primary N) is 1. The summed E-state index contributed by atoms with van der Waals surface area (Å²) in [5, 5.41) is 0. The maximum Gasteiger partial charge on any atom is 0.272 e. The zero-order valence-corrected chi connectivity index (χ0v) is 9.33. The molecule has 1 rings (SSSR count). The molecule has 0 radical (unpaired) electrons. The smallest absolute Gasteiger partial charge is 0.272 e. The highest BCUT2D eigenvalue weighted by Crippen LogP contribution is 2.24. The van der Waals surface area contributed by atoms with Crippen LogP contribution >= 0.6 is 11.8 Å². The molecule has 0 aromatic heterocycles. The first-order valence-electron chi connectivity index (χ1n) is 4.88. The van der Waals surface area contributed by atoms with Crippen LogP contribution in [0.2, 0.25) is 0 Å². The molecule has 1 aliphatic heterocycles. The number of hydrogen-bond acceptors (Lipinski definition) is 3. The van der Waals surface area contributed by atoms with Crippen molar-refractivity contribution < 1.29 is 8.78 Å². The quantitative estimate of drug-likeness (QED) is 0.762. The molecule has 0 aliphatic carbocycles. The maximum absolute atomic E-state index is 12.9. The van der Waals surface area contributed by atoms with E-state index in [1.165, 1.54) is 5.75 Å². The maximum atomic E-state index is 12.9. The molecule has 14 heavy (non-hydrogen) atoms. The van der Waals surface area contributed by atoms with Crippen LogP contribution in [0.3, 0.4) is 0 Å². The van der Waals surface area contributed by atoms with Crippen molar-refractivity contribution >= 4 is 11.8 Å². The largest absolute Gasteiger partial charge is 0.325 e. The molecule has 0 aromatic carbocycles. The average molecular weight is 224 g/mol. The number of hydrogen-bond donors (Lipinski definition) is 1. The lowest BCUT2D eigenvalue weighted by Gasteiger charge is -2.24. The Kier molecular flexibility index (Phi) is 4.60. The lowest BCUT2D eigenvalue weighted by Crippen LogP contribution is -2.41. The van der Waals surface area contributed by atoms with Gasteiger partial charge in [-0.25, -0.2) is 8.78 Å². The van der Waals surface area contributed by atoms with E-state index in [0.29, 0.717) is 5.92 Å². The zero-order valence-electron chi connectivity index (χ0n) is 8.51. The molecule has 0 amide bonds. The minimum absolute atomic E-state index is 0.218. The van der Waals surface area contributed by atoms with E-state index in [4.69, 9.17) is 5.73 Å². The van der Waals surface area contributed by atoms with E-state index in [1.54, 1.807) is 11.9 Å². The molecule has 1 saturated heterocycles. The molecule has 0 spiro atoms. The molecule has 84 valence electrons. The number of thioether (sulfide) groups is 1. The number of halogens is 2. The van der Waals surface area contributed by atoms with Gasteiger partial charge in [0.25, 0.3) is 5.92 Å². The Morgan fingerprint density at radius 3 is 2.79 bits per heavy atom. The summed E-state index contributed by atoms with van der Waals surface area (Å²) in [4.78, 5) is 1.70. The van der Waals surface area contributed by atoms with Crippen LogP contribution in [0.25, 0.3) is 0 Å². The van der Waals surface area contributed by atoms with Gasteiger partial charge in [0.2, 0.25) is 0 Å². The minimum Gasteiger partial charge on any atom is -0.325 e. The van der Waals surface area contributed by atoms with Gasteiger partial charge in [0, 0.05) is 6.54 Å². The molecule has 5 heteroatoms. The molecule has 1 fully saturated rings. The molecule has 0 aromatic rings. The highest BCUT2D eigenvalue weighted by molar-refractivity contribution is 7.99. The molecule has 1 unspecified atom stereocenters. The summed E-state index contributed by atoms with van der Waals surface area (Å²) < 4.78 is 25.8. The van der Waals surface area contributed by atoms with Gasteiger partial charge in [-0.05, 0) is 30.9 Å². The van der Waals surface area contributed by atoms with Crippen molar-refractivity contribution in [2.24, 2.45) is 11.7 Å². The molecule has 1 atom stereocenters. The average Bonchev–Trinajstić information content (AvgIpc) is 2.55. The van der Waals surface area contributed by atoms with Crippen molar-refractivity contribution in [2.45, 2.75) is 12.3 Å². The van der Waals surface area contributed by atoms with Crippen LogP contribution < -0.4 is 5.73 Å². The highest BCUT2D eigenvalue weighted by atomic mass is 32.2. The predicted octanol–water partition coefficient (Wildman–Crippen LogP) is 1.27. The summed E-state index contributed by atoms with van der Waals surface area (Å²) in [6, 6.07) is 0. The monoisotopic (exact) mass is 224 g/mol. The Bertz CT molecular complexity index is 172. The molecule has 0 saturated carbocycles. The summed E-state index contributed by atoms with van der Waals surface area (Å²) in [6.45, 7) is -0.00991. The molecular weight excluding hydrogens is 206 g/mol. The van der Waals surface area contributed by atoms with Gasteiger partial charge in [-0.1, -0.05) is 0 Å². The summed E-state index contributed by atoms with van der Waals surface area (Å²) in [5.74, 6) is 0.128. The second-order valence-electron chi connectivity index (χ2n) is 3.99. The van der Waals surface area contributed by atoms with Crippen LogP contribution in [0.4, 0.5) is 8.78 Å². The van der Waals surface area contributed by atoms with Gasteiger partial charge in [0.05, 0.1) is 13.1 Å². The first-order chi connectivity index (χ1) is 6.53. The van der Waals surface area contributed by atoms with Crippen molar-refractivity contribution in [1.82, 2.24) is 4.90 Å². The zero-order chi connectivity index (χ0) is 10.6. The van der Waals surface area contributed by atoms with Gasteiger partial charge < -0.3 is 10.6 Å². The van der Waals surface area contributed by atoms with Gasteiger partial charge in [0.15, 0.2) is 0 Å². The highest BCUT2D eigenvalue weighted by Gasteiger charge is 2.29. The van der Waals surface area contributed by atoms with Crippen molar-refractivity contribution in [1.29, 1.82) is 0 Å². The van der Waals surface area contributed by atoms with Crippen molar-refractivity contribution in [3.63, 3.8) is 0 Å². The summed E-state index contributed by atoms with van der Waals surface area (Å²) in [7, 11) is 1.74. The molecule has 0 bridgehead atoms. The van der Waals surface area contributed by atoms with E-state index in [2.05, 4.69) is 0 Å². The Hall–Kier alpha value is 0.130. The molecule has 1 heterocycles. The summed E-state index contributed by atoms with van der Waals surface area (Å²) in [6.07, 6.45) is 1.16. The van der Waals surface area contributed by atoms with Gasteiger partial charge >= 0.3 is 0 Å². The first-order valence-corrected chi connectivity index (χ1v) is 6.03. The standard InChI is InChI=1S/C9H18F2N2S/c1-13(7-9(10,11)6-12)4-8-2-3-14-5-8/h8H,2-7,12H2,1H3. The van der Waals surface area contributed by atoms with E-state index < -0.39 is 12.5 Å². The molecule has 2 N–H and O–H groups in total. The van der Waals surface area contributed by atoms with Crippen molar-refractivity contribution in [3.05, 3.63) is 0 Å². The van der Waals surface area contributed by atoms with Crippen LogP contribution in [-0.4, -0.2) is 49.0 Å². The Morgan fingerprint density at radius 1 is 1.57 bits per heavy atom. The fraction of sp³-hybridized carbons (Fsp3) is 1.00. The Labute approximate surface area is 88.2 Å². The van der Waals surface area contributed by atoms with Crippen molar-refractivity contribution in [2.75, 3.05) is 38.2 Å². The third kappa shape index (κ3) is 4.11. The number of alkyl halides is 2. The van der Waals surface area contributed by atoms with E-state index >= 15 is 0 Å². The third-order valence-electron chi connectivity index (χ3n) is 2.39. The lowest BCUT2D eigenvalue weighted by atomic mass is 10.1. The Morgan fingerprint density at radius 2 is 2.29 bits per heavy atom. The SMILES string of the molecule is CN(CC1CCSC1)CC(F)(F)CN. The number of nitrogens with zero attached hydrogens (tertiary/aromatic N) is 1. The van der Waals surface area contributed by atoms with Gasteiger partial charge in [-0.3, -0.25) is 0 Å². The second-order valence-corrected chi connectivity index (χ2v) is 5.14. The normalized spacial score (nSPS) is 23.4. The van der Waals surface area contributed by atoms with E-state index in [-0.39, 0.29) is 6.54 Å². The van der Waals surface area contributed by atoms with Crippen LogP contribution in [-0.2, 0) is 0 Å². The van der Waals surface area contributed by atoms with Crippen LogP contribution in [0.1, 0.15) is 6.42 Å². The summed E-state index contributed by atoms with van der Waals surface area (Å²) >= 11 is 1.91. The third-order valence-corrected chi connectivity index (χ3v) is 3.63. The van der Waals surface area contributed by atoms with Crippen LogP contribution in [0.5, 0.6) is 0 Å².